The minimum atomic E-state index is 0.514. The highest BCUT2D eigenvalue weighted by molar-refractivity contribution is 7.11. The van der Waals surface area contributed by atoms with Gasteiger partial charge in [0.2, 0.25) is 0 Å². The Hall–Kier alpha value is -1.24. The van der Waals surface area contributed by atoms with Gasteiger partial charge in [-0.25, -0.2) is 0 Å². The Morgan fingerprint density at radius 3 is 2.60 bits per heavy atom. The van der Waals surface area contributed by atoms with Crippen LogP contribution in [0, 0.1) is 6.92 Å². The van der Waals surface area contributed by atoms with Crippen LogP contribution in [0.2, 0.25) is 0 Å². The lowest BCUT2D eigenvalue weighted by Crippen LogP contribution is -2.34. The Morgan fingerprint density at radius 1 is 1.04 bits per heavy atom. The number of likely N-dealkylation sites (tertiary alicyclic amines) is 2. The summed E-state index contributed by atoms with van der Waals surface area (Å²) < 4.78 is 2.27. The summed E-state index contributed by atoms with van der Waals surface area (Å²) >= 11 is 1.92. The van der Waals surface area contributed by atoms with Crippen LogP contribution in [0.1, 0.15) is 53.0 Å². The minimum Gasteiger partial charge on any atom is -0.317 e. The van der Waals surface area contributed by atoms with E-state index in [0.29, 0.717) is 5.92 Å². The van der Waals surface area contributed by atoms with Crippen molar-refractivity contribution in [3.8, 4) is 0 Å². The molecule has 0 aromatic carbocycles. The molecule has 4 heterocycles. The third-order valence-electron chi connectivity index (χ3n) is 5.61. The maximum atomic E-state index is 4.59. The first-order chi connectivity index (χ1) is 12.2. The summed E-state index contributed by atoms with van der Waals surface area (Å²) in [6.07, 6.45) is 5.13. The Morgan fingerprint density at radius 2 is 1.84 bits per heavy atom. The van der Waals surface area contributed by atoms with Gasteiger partial charge < -0.3 is 4.57 Å². The van der Waals surface area contributed by atoms with Crippen LogP contribution in [-0.2, 0) is 20.1 Å². The summed E-state index contributed by atoms with van der Waals surface area (Å²) in [4.78, 5) is 7.98. The van der Waals surface area contributed by atoms with Gasteiger partial charge in [-0.3, -0.25) is 9.80 Å². The zero-order valence-electron chi connectivity index (χ0n) is 15.4. The fourth-order valence-corrected chi connectivity index (χ4v) is 5.14. The fraction of sp³-hybridized carbons (Fsp3) is 0.684. The fourth-order valence-electron chi connectivity index (χ4n) is 4.21. The van der Waals surface area contributed by atoms with Gasteiger partial charge in [-0.05, 0) is 64.4 Å². The summed E-state index contributed by atoms with van der Waals surface area (Å²) in [7, 11) is 2.16. The number of piperidine rings is 1. The smallest absolute Gasteiger partial charge is 0.146 e. The van der Waals surface area contributed by atoms with Gasteiger partial charge in [-0.1, -0.05) is 0 Å². The van der Waals surface area contributed by atoms with Crippen molar-refractivity contribution in [2.45, 2.75) is 51.6 Å². The van der Waals surface area contributed by atoms with E-state index in [9.17, 15) is 0 Å². The molecule has 0 amide bonds. The second-order valence-electron chi connectivity index (χ2n) is 7.60. The molecule has 2 fully saturated rings. The normalized spacial score (nSPS) is 22.7. The van der Waals surface area contributed by atoms with E-state index in [1.165, 1.54) is 60.9 Å². The molecule has 0 unspecified atom stereocenters. The zero-order chi connectivity index (χ0) is 17.2. The van der Waals surface area contributed by atoms with E-state index in [1.807, 2.05) is 11.3 Å². The van der Waals surface area contributed by atoms with E-state index in [1.54, 1.807) is 0 Å². The van der Waals surface area contributed by atoms with Gasteiger partial charge in [0, 0.05) is 35.8 Å². The van der Waals surface area contributed by atoms with E-state index in [4.69, 9.17) is 0 Å². The lowest BCUT2D eigenvalue weighted by atomic mass is 9.97. The minimum absolute atomic E-state index is 0.514. The van der Waals surface area contributed by atoms with E-state index in [0.717, 1.165) is 25.5 Å². The van der Waals surface area contributed by atoms with Crippen molar-refractivity contribution in [1.82, 2.24) is 24.6 Å². The first-order valence-electron chi connectivity index (χ1n) is 9.57. The number of nitrogens with zero attached hydrogens (tertiary/aromatic N) is 5. The predicted molar refractivity (Wildman–Crippen MR) is 102 cm³/mol. The van der Waals surface area contributed by atoms with Crippen molar-refractivity contribution in [2.75, 3.05) is 26.2 Å². The van der Waals surface area contributed by atoms with Crippen LogP contribution in [-0.4, -0.2) is 50.7 Å². The average Bonchev–Trinajstić information content (AvgIpc) is 3.33. The molecule has 0 bridgehead atoms. The second kappa shape index (κ2) is 7.56. The molecule has 4 rings (SSSR count). The van der Waals surface area contributed by atoms with Gasteiger partial charge in [-0.15, -0.1) is 21.5 Å². The average molecular weight is 360 g/mol. The van der Waals surface area contributed by atoms with Gasteiger partial charge in [0.1, 0.15) is 11.6 Å². The molecule has 0 spiro atoms. The molecule has 0 radical (unpaired) electrons. The molecule has 0 N–H and O–H groups in total. The highest BCUT2D eigenvalue weighted by atomic mass is 32.1. The quantitative estimate of drug-likeness (QED) is 0.822. The van der Waals surface area contributed by atoms with Crippen molar-refractivity contribution in [3.05, 3.63) is 33.5 Å². The first-order valence-corrected chi connectivity index (χ1v) is 10.4. The van der Waals surface area contributed by atoms with E-state index >= 15 is 0 Å². The Labute approximate surface area is 154 Å². The van der Waals surface area contributed by atoms with Gasteiger partial charge in [0.15, 0.2) is 0 Å². The maximum Gasteiger partial charge on any atom is 0.146 e. The van der Waals surface area contributed by atoms with Crippen molar-refractivity contribution in [2.24, 2.45) is 7.05 Å². The molecule has 6 heteroatoms. The molecule has 2 aromatic heterocycles. The van der Waals surface area contributed by atoms with E-state index < -0.39 is 0 Å². The number of hydrogen-bond acceptors (Lipinski definition) is 5. The molecule has 0 saturated carbocycles. The highest BCUT2D eigenvalue weighted by Crippen LogP contribution is 2.28. The molecule has 2 aromatic rings. The summed E-state index contributed by atoms with van der Waals surface area (Å²) in [6, 6.07) is 4.51. The molecule has 0 aliphatic carbocycles. The molecule has 2 saturated heterocycles. The molecule has 136 valence electrons. The standard InChI is InChI=1S/C19H29N5S/c1-15-7-8-17(25-15)13-24-11-5-6-16(12-24)19-21-20-18(22(19)2)14-23-9-3-4-10-23/h7-8,16H,3-6,9-14H2,1-2H3/t16-/m0/s1. The molecular formula is C19H29N5S. The first kappa shape index (κ1) is 17.2. The monoisotopic (exact) mass is 359 g/mol. The number of aryl methyl sites for hydroxylation is 1. The summed E-state index contributed by atoms with van der Waals surface area (Å²) in [5, 5.41) is 9.11. The topological polar surface area (TPSA) is 37.2 Å². The summed E-state index contributed by atoms with van der Waals surface area (Å²) in [5.74, 6) is 2.82. The predicted octanol–water partition coefficient (Wildman–Crippen LogP) is 3.16. The molecule has 2 aliphatic rings. The van der Waals surface area contributed by atoms with Crippen LogP contribution in [0.3, 0.4) is 0 Å². The third kappa shape index (κ3) is 3.96. The SMILES string of the molecule is Cc1ccc(CN2CCC[C@H](c3nnc(CN4CCCC4)n3C)C2)s1. The van der Waals surface area contributed by atoms with Gasteiger partial charge >= 0.3 is 0 Å². The van der Waals surface area contributed by atoms with Crippen molar-refractivity contribution in [3.63, 3.8) is 0 Å². The van der Waals surface area contributed by atoms with Crippen molar-refractivity contribution in [1.29, 1.82) is 0 Å². The molecular weight excluding hydrogens is 330 g/mol. The van der Waals surface area contributed by atoms with Gasteiger partial charge in [0.05, 0.1) is 6.54 Å². The second-order valence-corrected chi connectivity index (χ2v) is 8.98. The lowest BCUT2D eigenvalue weighted by molar-refractivity contribution is 0.196. The summed E-state index contributed by atoms with van der Waals surface area (Å²) in [6.45, 7) is 8.94. The van der Waals surface area contributed by atoms with Gasteiger partial charge in [-0.2, -0.15) is 0 Å². The van der Waals surface area contributed by atoms with Crippen LogP contribution in [0.15, 0.2) is 12.1 Å². The van der Waals surface area contributed by atoms with Crippen LogP contribution in [0.5, 0.6) is 0 Å². The van der Waals surface area contributed by atoms with E-state index in [-0.39, 0.29) is 0 Å². The zero-order valence-corrected chi connectivity index (χ0v) is 16.3. The van der Waals surface area contributed by atoms with E-state index in [2.05, 4.69) is 50.7 Å². The Balaban J connectivity index is 1.41. The number of hydrogen-bond donors (Lipinski definition) is 0. The van der Waals surface area contributed by atoms with Crippen LogP contribution < -0.4 is 0 Å². The molecule has 5 nitrogen and oxygen atoms in total. The number of aromatic nitrogens is 3. The molecule has 1 atom stereocenters. The van der Waals surface area contributed by atoms with Crippen molar-refractivity contribution >= 4 is 11.3 Å². The maximum absolute atomic E-state index is 4.59. The largest absolute Gasteiger partial charge is 0.317 e. The highest BCUT2D eigenvalue weighted by Gasteiger charge is 2.26. The Bertz CT molecular complexity index is 700. The van der Waals surface area contributed by atoms with Crippen molar-refractivity contribution < 1.29 is 0 Å². The van der Waals surface area contributed by atoms with Crippen LogP contribution in [0.25, 0.3) is 0 Å². The number of thiophene rings is 1. The van der Waals surface area contributed by atoms with Gasteiger partial charge in [0.25, 0.3) is 0 Å². The third-order valence-corrected chi connectivity index (χ3v) is 6.59. The molecule has 2 aliphatic heterocycles. The Kier molecular flexibility index (Phi) is 5.20. The summed E-state index contributed by atoms with van der Waals surface area (Å²) in [5.41, 5.74) is 0. The number of rotatable bonds is 5. The molecule has 25 heavy (non-hydrogen) atoms. The lowest BCUT2D eigenvalue weighted by Gasteiger charge is -2.31. The van der Waals surface area contributed by atoms with Crippen LogP contribution in [0.4, 0.5) is 0 Å². The van der Waals surface area contributed by atoms with Crippen LogP contribution >= 0.6 is 11.3 Å².